The van der Waals surface area contributed by atoms with Crippen molar-refractivity contribution in [2.24, 2.45) is 5.92 Å². The van der Waals surface area contributed by atoms with Crippen molar-refractivity contribution in [1.29, 1.82) is 5.26 Å². The minimum Gasteiger partial charge on any atom is -0.380 e. The summed E-state index contributed by atoms with van der Waals surface area (Å²) in [4.78, 5) is 2.50. The Balaban J connectivity index is 2.11. The average Bonchev–Trinajstić information content (AvgIpc) is 2.31. The molecule has 1 saturated heterocycles. The van der Waals surface area contributed by atoms with E-state index in [2.05, 4.69) is 17.9 Å². The predicted molar refractivity (Wildman–Crippen MR) is 65.1 cm³/mol. The number of hydrogen-bond acceptors (Lipinski definition) is 3. The van der Waals surface area contributed by atoms with Gasteiger partial charge in [-0.3, -0.25) is 0 Å². The first-order chi connectivity index (χ1) is 7.77. The number of ether oxygens (including phenoxy) is 1. The van der Waals surface area contributed by atoms with Crippen molar-refractivity contribution in [3.63, 3.8) is 0 Å². The predicted octanol–water partition coefficient (Wildman–Crippen LogP) is 2.43. The lowest BCUT2D eigenvalue weighted by Gasteiger charge is -2.36. The van der Waals surface area contributed by atoms with Gasteiger partial charge in [0, 0.05) is 20.1 Å². The van der Waals surface area contributed by atoms with E-state index in [1.165, 1.54) is 25.8 Å². The molecule has 1 heterocycles. The van der Waals surface area contributed by atoms with Gasteiger partial charge in [0.05, 0.1) is 12.2 Å². The van der Waals surface area contributed by atoms with Gasteiger partial charge in [0.25, 0.3) is 0 Å². The van der Waals surface area contributed by atoms with E-state index in [0.717, 1.165) is 19.5 Å². The smallest absolute Gasteiger partial charge is 0.0724 e. The molecule has 0 unspecified atom stereocenters. The van der Waals surface area contributed by atoms with E-state index in [9.17, 15) is 0 Å². The van der Waals surface area contributed by atoms with E-state index in [1.807, 2.05) is 7.11 Å². The number of unbranched alkanes of at least 4 members (excludes halogenated alkanes) is 3. The van der Waals surface area contributed by atoms with Crippen molar-refractivity contribution in [2.45, 2.75) is 45.1 Å². The SMILES string of the molecule is CO[C@H]1CN(CCCCCC#N)CC[C@H]1C. The summed E-state index contributed by atoms with van der Waals surface area (Å²) in [5.41, 5.74) is 0. The highest BCUT2D eigenvalue weighted by molar-refractivity contribution is 4.78. The van der Waals surface area contributed by atoms with Crippen LogP contribution in [0.3, 0.4) is 0 Å². The highest BCUT2D eigenvalue weighted by Gasteiger charge is 2.25. The third kappa shape index (κ3) is 4.51. The van der Waals surface area contributed by atoms with Crippen LogP contribution in [0.25, 0.3) is 0 Å². The van der Waals surface area contributed by atoms with E-state index in [0.29, 0.717) is 18.4 Å². The molecule has 0 amide bonds. The summed E-state index contributed by atoms with van der Waals surface area (Å²) >= 11 is 0. The summed E-state index contributed by atoms with van der Waals surface area (Å²) in [5, 5.41) is 8.43. The van der Waals surface area contributed by atoms with Gasteiger partial charge >= 0.3 is 0 Å². The normalized spacial score (nSPS) is 26.6. The van der Waals surface area contributed by atoms with Crippen molar-refractivity contribution < 1.29 is 4.74 Å². The fourth-order valence-corrected chi connectivity index (χ4v) is 2.32. The maximum atomic E-state index is 8.43. The molecule has 0 radical (unpaired) electrons. The third-order valence-electron chi connectivity index (χ3n) is 3.54. The molecule has 1 aliphatic heterocycles. The van der Waals surface area contributed by atoms with E-state index < -0.39 is 0 Å². The first kappa shape index (κ1) is 13.5. The van der Waals surface area contributed by atoms with Crippen LogP contribution in [-0.2, 0) is 4.74 Å². The zero-order valence-corrected chi connectivity index (χ0v) is 10.6. The molecule has 0 aromatic rings. The van der Waals surface area contributed by atoms with E-state index in [4.69, 9.17) is 10.00 Å². The maximum absolute atomic E-state index is 8.43. The number of methoxy groups -OCH3 is 1. The van der Waals surface area contributed by atoms with Crippen molar-refractivity contribution >= 4 is 0 Å². The van der Waals surface area contributed by atoms with Gasteiger partial charge in [-0.25, -0.2) is 0 Å². The number of nitriles is 1. The van der Waals surface area contributed by atoms with E-state index in [-0.39, 0.29) is 0 Å². The maximum Gasteiger partial charge on any atom is 0.0724 e. The molecule has 16 heavy (non-hydrogen) atoms. The van der Waals surface area contributed by atoms with Crippen LogP contribution < -0.4 is 0 Å². The van der Waals surface area contributed by atoms with Crippen LogP contribution in [0.15, 0.2) is 0 Å². The summed E-state index contributed by atoms with van der Waals surface area (Å²) in [5.74, 6) is 0.694. The minimum atomic E-state index is 0.410. The third-order valence-corrected chi connectivity index (χ3v) is 3.54. The molecular formula is C13H24N2O. The Bertz CT molecular complexity index is 224. The molecule has 0 aromatic carbocycles. The van der Waals surface area contributed by atoms with Crippen LogP contribution in [0.1, 0.15) is 39.0 Å². The minimum absolute atomic E-state index is 0.410. The fraction of sp³-hybridized carbons (Fsp3) is 0.923. The van der Waals surface area contributed by atoms with Crippen LogP contribution >= 0.6 is 0 Å². The monoisotopic (exact) mass is 224 g/mol. The van der Waals surface area contributed by atoms with Gasteiger partial charge in [-0.15, -0.1) is 0 Å². The van der Waals surface area contributed by atoms with Crippen molar-refractivity contribution in [3.05, 3.63) is 0 Å². The molecule has 1 rings (SSSR count). The standard InChI is InChI=1S/C13H24N2O/c1-12-7-10-15(11-13(12)16-2)9-6-4-3-5-8-14/h12-13H,3-7,9-11H2,1-2H3/t12-,13+/m1/s1. The number of nitrogens with zero attached hydrogens (tertiary/aromatic N) is 2. The van der Waals surface area contributed by atoms with E-state index in [1.54, 1.807) is 0 Å². The molecule has 0 bridgehead atoms. The number of piperidine rings is 1. The zero-order valence-electron chi connectivity index (χ0n) is 10.6. The Hall–Kier alpha value is -0.590. The number of rotatable bonds is 6. The molecule has 92 valence electrons. The Kier molecular flexibility index (Phi) is 6.44. The highest BCUT2D eigenvalue weighted by Crippen LogP contribution is 2.19. The molecule has 0 N–H and O–H groups in total. The summed E-state index contributed by atoms with van der Waals surface area (Å²) < 4.78 is 5.49. The lowest BCUT2D eigenvalue weighted by Crippen LogP contribution is -2.44. The summed E-state index contributed by atoms with van der Waals surface area (Å²) in [7, 11) is 1.82. The fourth-order valence-electron chi connectivity index (χ4n) is 2.32. The first-order valence-electron chi connectivity index (χ1n) is 6.40. The van der Waals surface area contributed by atoms with E-state index >= 15 is 0 Å². The molecule has 3 nitrogen and oxygen atoms in total. The van der Waals surface area contributed by atoms with Crippen molar-refractivity contribution in [2.75, 3.05) is 26.7 Å². The summed E-state index contributed by atoms with van der Waals surface area (Å²) in [6, 6.07) is 2.19. The number of likely N-dealkylation sites (tertiary alicyclic amines) is 1. The quantitative estimate of drug-likeness (QED) is 0.650. The molecular weight excluding hydrogens is 200 g/mol. The topological polar surface area (TPSA) is 36.3 Å². The van der Waals surface area contributed by atoms with Gasteiger partial charge in [0.15, 0.2) is 0 Å². The number of hydrogen-bond donors (Lipinski definition) is 0. The van der Waals surface area contributed by atoms with Crippen molar-refractivity contribution in [3.8, 4) is 6.07 Å². The average molecular weight is 224 g/mol. The second-order valence-corrected chi connectivity index (χ2v) is 4.81. The lowest BCUT2D eigenvalue weighted by atomic mass is 9.95. The zero-order chi connectivity index (χ0) is 11.8. The molecule has 1 fully saturated rings. The second-order valence-electron chi connectivity index (χ2n) is 4.81. The van der Waals surface area contributed by atoms with Gasteiger partial charge in [0.2, 0.25) is 0 Å². The Morgan fingerprint density at radius 2 is 2.19 bits per heavy atom. The van der Waals surface area contributed by atoms with Gasteiger partial charge in [0.1, 0.15) is 0 Å². The van der Waals surface area contributed by atoms with Crippen molar-refractivity contribution in [1.82, 2.24) is 4.90 Å². The molecule has 2 atom stereocenters. The van der Waals surface area contributed by atoms with Crippen LogP contribution in [-0.4, -0.2) is 37.7 Å². The largest absolute Gasteiger partial charge is 0.380 e. The molecule has 0 saturated carbocycles. The Morgan fingerprint density at radius 1 is 1.38 bits per heavy atom. The highest BCUT2D eigenvalue weighted by atomic mass is 16.5. The van der Waals surface area contributed by atoms with Gasteiger partial charge in [-0.2, -0.15) is 5.26 Å². The van der Waals surface area contributed by atoms with Crippen LogP contribution in [0, 0.1) is 17.2 Å². The van der Waals surface area contributed by atoms with Crippen LogP contribution in [0.5, 0.6) is 0 Å². The summed E-state index contributed by atoms with van der Waals surface area (Å²) in [6.45, 7) is 5.73. The molecule has 0 aliphatic carbocycles. The molecule has 0 spiro atoms. The van der Waals surface area contributed by atoms with Crippen LogP contribution in [0.2, 0.25) is 0 Å². The Labute approximate surface area is 99.4 Å². The first-order valence-corrected chi connectivity index (χ1v) is 6.40. The second kappa shape index (κ2) is 7.65. The van der Waals surface area contributed by atoms with Gasteiger partial charge in [-0.05, 0) is 38.3 Å². The molecule has 3 heteroatoms. The molecule has 0 aromatic heterocycles. The lowest BCUT2D eigenvalue weighted by molar-refractivity contribution is -0.00524. The van der Waals surface area contributed by atoms with Crippen LogP contribution in [0.4, 0.5) is 0 Å². The van der Waals surface area contributed by atoms with Gasteiger partial charge < -0.3 is 9.64 Å². The molecule has 1 aliphatic rings. The Morgan fingerprint density at radius 3 is 2.88 bits per heavy atom. The van der Waals surface area contributed by atoms with Gasteiger partial charge in [-0.1, -0.05) is 13.3 Å². The summed E-state index contributed by atoms with van der Waals surface area (Å²) in [6.07, 6.45) is 5.81.